The zero-order chi connectivity index (χ0) is 13.6. The minimum absolute atomic E-state index is 0.0191. The number of aliphatic hydroxyl groups is 1. The third-order valence-corrected chi connectivity index (χ3v) is 1.86. The van der Waals surface area contributed by atoms with Crippen molar-refractivity contribution in [2.45, 2.75) is 25.5 Å². The molecule has 0 fully saturated rings. The van der Waals surface area contributed by atoms with Crippen molar-refractivity contribution in [2.75, 3.05) is 13.6 Å². The maximum atomic E-state index is 11.4. The van der Waals surface area contributed by atoms with Crippen molar-refractivity contribution in [1.29, 1.82) is 0 Å². The number of carbonyl (C=O) groups is 3. The highest BCUT2D eigenvalue weighted by molar-refractivity contribution is 5.86. The monoisotopic (exact) mass is 248 g/mol. The van der Waals surface area contributed by atoms with Gasteiger partial charge < -0.3 is 25.5 Å². The zero-order valence-corrected chi connectivity index (χ0v) is 9.58. The van der Waals surface area contributed by atoms with E-state index in [0.717, 1.165) is 4.90 Å². The fourth-order valence-electron chi connectivity index (χ4n) is 1.11. The van der Waals surface area contributed by atoms with Gasteiger partial charge in [0, 0.05) is 13.6 Å². The summed E-state index contributed by atoms with van der Waals surface area (Å²) in [5.74, 6) is -2.75. The molecule has 8 heteroatoms. The number of aliphatic hydroxyl groups excluding tert-OH is 1. The average molecular weight is 248 g/mol. The Balaban J connectivity index is 4.39. The first-order chi connectivity index (χ1) is 7.73. The summed E-state index contributed by atoms with van der Waals surface area (Å²) in [6.07, 6.45) is -1.46. The Bertz CT molecular complexity index is 304. The van der Waals surface area contributed by atoms with E-state index in [2.05, 4.69) is 0 Å². The zero-order valence-electron chi connectivity index (χ0n) is 9.58. The molecule has 0 aromatic carbocycles. The van der Waals surface area contributed by atoms with Crippen LogP contribution in [0, 0.1) is 0 Å². The minimum atomic E-state index is -1.49. The molecule has 0 bridgehead atoms. The van der Waals surface area contributed by atoms with Crippen molar-refractivity contribution in [3.8, 4) is 0 Å². The van der Waals surface area contributed by atoms with Gasteiger partial charge in [0.25, 0.3) is 0 Å². The quantitative estimate of drug-likeness (QED) is 0.474. The summed E-state index contributed by atoms with van der Waals surface area (Å²) in [5.41, 5.74) is 0. The van der Waals surface area contributed by atoms with Gasteiger partial charge in [0.15, 0.2) is 0 Å². The highest BCUT2D eigenvalue weighted by Crippen LogP contribution is 1.96. The molecule has 0 aliphatic carbocycles. The van der Waals surface area contributed by atoms with Gasteiger partial charge in [-0.3, -0.25) is 4.79 Å². The number of nitrogens with zero attached hydrogens (tertiary/aromatic N) is 1. The summed E-state index contributed by atoms with van der Waals surface area (Å²) in [7, 11) is 1.36. The number of likely N-dealkylation sites (N-methyl/N-ethyl adjacent to an activating group) is 1. The summed E-state index contributed by atoms with van der Waals surface area (Å²) < 4.78 is 0. The van der Waals surface area contributed by atoms with Gasteiger partial charge in [-0.2, -0.15) is 0 Å². The van der Waals surface area contributed by atoms with E-state index in [1.54, 1.807) is 0 Å². The van der Waals surface area contributed by atoms with Gasteiger partial charge in [-0.15, -0.1) is 0 Å². The minimum Gasteiger partial charge on any atom is -0.481 e. The van der Waals surface area contributed by atoms with Crippen LogP contribution >= 0.6 is 0 Å². The maximum absolute atomic E-state index is 11.4. The Hall–Kier alpha value is -1.83. The number of nitrogens with one attached hydrogen (secondary N) is 1. The van der Waals surface area contributed by atoms with Crippen LogP contribution in [0.4, 0.5) is 4.79 Å². The number of hydrogen-bond donors (Lipinski definition) is 4. The second-order valence-electron chi connectivity index (χ2n) is 3.67. The number of amides is 2. The number of rotatable bonds is 6. The van der Waals surface area contributed by atoms with Gasteiger partial charge in [-0.05, 0) is 6.92 Å². The van der Waals surface area contributed by atoms with E-state index in [9.17, 15) is 14.4 Å². The molecule has 0 saturated heterocycles. The van der Waals surface area contributed by atoms with Crippen LogP contribution in [0.3, 0.4) is 0 Å². The second-order valence-corrected chi connectivity index (χ2v) is 3.67. The van der Waals surface area contributed by atoms with Crippen molar-refractivity contribution >= 4 is 18.0 Å². The number of urea groups is 1. The molecule has 2 atom stereocenters. The predicted molar refractivity (Wildman–Crippen MR) is 56.5 cm³/mol. The molecule has 0 aliphatic rings. The lowest BCUT2D eigenvalue weighted by Crippen LogP contribution is -2.48. The van der Waals surface area contributed by atoms with E-state index < -0.39 is 36.5 Å². The van der Waals surface area contributed by atoms with E-state index in [-0.39, 0.29) is 6.54 Å². The number of hydrogen-bond acceptors (Lipinski definition) is 4. The SMILES string of the molecule is CC(O)CN(C)C(=O)N[C@@H](CC(=O)O)C(=O)O. The van der Waals surface area contributed by atoms with Crippen LogP contribution in [0.5, 0.6) is 0 Å². The van der Waals surface area contributed by atoms with Gasteiger partial charge in [0.2, 0.25) is 0 Å². The van der Waals surface area contributed by atoms with Crippen LogP contribution in [0.15, 0.2) is 0 Å². The van der Waals surface area contributed by atoms with Crippen molar-refractivity contribution in [3.63, 3.8) is 0 Å². The first kappa shape index (κ1) is 15.2. The average Bonchev–Trinajstić information content (AvgIpc) is 2.14. The molecule has 0 rings (SSSR count). The standard InChI is InChI=1S/C9H16N2O6/c1-5(12)4-11(2)9(17)10-6(8(15)16)3-7(13)14/h5-6,12H,3-4H2,1-2H3,(H,10,17)(H,13,14)(H,15,16)/t5?,6-/m0/s1. The normalized spacial score (nSPS) is 13.6. The molecule has 17 heavy (non-hydrogen) atoms. The summed E-state index contributed by atoms with van der Waals surface area (Å²) in [5, 5.41) is 28.2. The van der Waals surface area contributed by atoms with Crippen LogP contribution in [-0.2, 0) is 9.59 Å². The Morgan fingerprint density at radius 3 is 2.18 bits per heavy atom. The molecule has 0 saturated carbocycles. The van der Waals surface area contributed by atoms with Crippen LogP contribution in [-0.4, -0.2) is 63.9 Å². The Morgan fingerprint density at radius 2 is 1.82 bits per heavy atom. The third kappa shape index (κ3) is 6.36. The van der Waals surface area contributed by atoms with E-state index in [1.807, 2.05) is 5.32 Å². The van der Waals surface area contributed by atoms with Gasteiger partial charge in [-0.1, -0.05) is 0 Å². The largest absolute Gasteiger partial charge is 0.481 e. The fraction of sp³-hybridized carbons (Fsp3) is 0.667. The molecular weight excluding hydrogens is 232 g/mol. The molecule has 0 spiro atoms. The van der Waals surface area contributed by atoms with Crippen molar-refractivity contribution in [3.05, 3.63) is 0 Å². The highest BCUT2D eigenvalue weighted by atomic mass is 16.4. The van der Waals surface area contributed by atoms with E-state index in [1.165, 1.54) is 14.0 Å². The smallest absolute Gasteiger partial charge is 0.326 e. The first-order valence-electron chi connectivity index (χ1n) is 4.88. The van der Waals surface area contributed by atoms with E-state index >= 15 is 0 Å². The molecule has 2 amide bonds. The number of carboxylic acids is 2. The first-order valence-corrected chi connectivity index (χ1v) is 4.88. The Labute approximate surface area is 97.8 Å². The molecule has 0 radical (unpaired) electrons. The molecule has 1 unspecified atom stereocenters. The van der Waals surface area contributed by atoms with E-state index in [0.29, 0.717) is 0 Å². The van der Waals surface area contributed by atoms with Crippen LogP contribution in [0.25, 0.3) is 0 Å². The maximum Gasteiger partial charge on any atom is 0.326 e. The Morgan fingerprint density at radius 1 is 1.29 bits per heavy atom. The van der Waals surface area contributed by atoms with Crippen molar-refractivity contribution < 1.29 is 29.7 Å². The molecule has 8 nitrogen and oxygen atoms in total. The third-order valence-electron chi connectivity index (χ3n) is 1.86. The molecule has 4 N–H and O–H groups in total. The molecule has 0 aromatic heterocycles. The van der Waals surface area contributed by atoms with Crippen molar-refractivity contribution in [2.24, 2.45) is 0 Å². The summed E-state index contributed by atoms with van der Waals surface area (Å²) in [6, 6.07) is -2.24. The number of aliphatic carboxylic acids is 2. The summed E-state index contributed by atoms with van der Waals surface area (Å²) in [4.78, 5) is 33.5. The molecule has 0 aromatic rings. The van der Waals surface area contributed by atoms with Gasteiger partial charge >= 0.3 is 18.0 Å². The number of carboxylic acid groups (broad SMARTS) is 2. The molecule has 0 heterocycles. The Kier molecular flexibility index (Phi) is 5.97. The van der Waals surface area contributed by atoms with Gasteiger partial charge in [0.1, 0.15) is 6.04 Å². The summed E-state index contributed by atoms with van der Waals surface area (Å²) in [6.45, 7) is 1.49. The highest BCUT2D eigenvalue weighted by Gasteiger charge is 2.24. The van der Waals surface area contributed by atoms with E-state index in [4.69, 9.17) is 15.3 Å². The van der Waals surface area contributed by atoms with Gasteiger partial charge in [-0.25, -0.2) is 9.59 Å². The van der Waals surface area contributed by atoms with Crippen LogP contribution < -0.4 is 5.32 Å². The topological polar surface area (TPSA) is 127 Å². The number of carbonyl (C=O) groups excluding carboxylic acids is 1. The molecule has 98 valence electrons. The fourth-order valence-corrected chi connectivity index (χ4v) is 1.11. The lowest BCUT2D eigenvalue weighted by Gasteiger charge is -2.21. The van der Waals surface area contributed by atoms with Crippen molar-refractivity contribution in [1.82, 2.24) is 10.2 Å². The second kappa shape index (κ2) is 6.69. The lowest BCUT2D eigenvalue weighted by atomic mass is 10.2. The van der Waals surface area contributed by atoms with Crippen LogP contribution in [0.1, 0.15) is 13.3 Å². The predicted octanol–water partition coefficient (Wildman–Crippen LogP) is -1.06. The summed E-state index contributed by atoms with van der Waals surface area (Å²) >= 11 is 0. The van der Waals surface area contributed by atoms with Gasteiger partial charge in [0.05, 0.1) is 12.5 Å². The molecular formula is C9H16N2O6. The van der Waals surface area contributed by atoms with Crippen LogP contribution in [0.2, 0.25) is 0 Å². The lowest BCUT2D eigenvalue weighted by molar-refractivity contribution is -0.145. The molecule has 0 aliphatic heterocycles.